The Morgan fingerprint density at radius 3 is 2.26 bits per heavy atom. The monoisotopic (exact) mass is 538 g/mol. The van der Waals surface area contributed by atoms with Crippen molar-refractivity contribution in [3.8, 4) is 11.8 Å². The summed E-state index contributed by atoms with van der Waals surface area (Å²) in [5, 5.41) is 12.3. The number of carbonyl (C=O) groups is 1. The van der Waals surface area contributed by atoms with Crippen molar-refractivity contribution in [2.45, 2.75) is 20.0 Å². The standard InChI is InChI=1S/C25H20Br2N2O2/c1-2-17-8-10-21(11-9-17)29-25(30)20(15-28)12-19-13-22(26)24(23(27)14-19)31-16-18-6-4-3-5-7-18/h3-14H,2,16H2,1H3,(H,29,30)/b20-12+. The van der Waals surface area contributed by atoms with Crippen molar-refractivity contribution < 1.29 is 9.53 Å². The fraction of sp³-hybridized carbons (Fsp3) is 0.120. The molecular weight excluding hydrogens is 520 g/mol. The smallest absolute Gasteiger partial charge is 0.266 e. The number of hydrogen-bond acceptors (Lipinski definition) is 3. The number of ether oxygens (including phenoxy) is 1. The Bertz CT molecular complexity index is 1110. The molecule has 0 radical (unpaired) electrons. The third-order valence-corrected chi connectivity index (χ3v) is 5.72. The van der Waals surface area contributed by atoms with Crippen LogP contribution in [0, 0.1) is 11.3 Å². The maximum atomic E-state index is 12.5. The van der Waals surface area contributed by atoms with E-state index in [0.29, 0.717) is 23.6 Å². The number of nitrogens with zero attached hydrogens (tertiary/aromatic N) is 1. The highest BCUT2D eigenvalue weighted by Crippen LogP contribution is 2.36. The van der Waals surface area contributed by atoms with Gasteiger partial charge in [-0.05, 0) is 85.3 Å². The molecule has 0 unspecified atom stereocenters. The van der Waals surface area contributed by atoms with Gasteiger partial charge in [-0.1, -0.05) is 49.4 Å². The van der Waals surface area contributed by atoms with Crippen molar-refractivity contribution >= 4 is 49.5 Å². The predicted molar refractivity (Wildman–Crippen MR) is 131 cm³/mol. The van der Waals surface area contributed by atoms with Crippen LogP contribution in [0.2, 0.25) is 0 Å². The van der Waals surface area contributed by atoms with Crippen LogP contribution in [-0.2, 0) is 17.8 Å². The van der Waals surface area contributed by atoms with Crippen molar-refractivity contribution in [1.82, 2.24) is 0 Å². The molecule has 4 nitrogen and oxygen atoms in total. The lowest BCUT2D eigenvalue weighted by atomic mass is 10.1. The molecule has 0 aliphatic heterocycles. The second-order valence-electron chi connectivity index (χ2n) is 6.76. The first-order valence-corrected chi connectivity index (χ1v) is 11.3. The van der Waals surface area contributed by atoms with Gasteiger partial charge in [0, 0.05) is 5.69 Å². The molecule has 0 spiro atoms. The number of rotatable bonds is 7. The maximum Gasteiger partial charge on any atom is 0.266 e. The van der Waals surface area contributed by atoms with Gasteiger partial charge in [0.1, 0.15) is 24.0 Å². The van der Waals surface area contributed by atoms with Gasteiger partial charge in [-0.25, -0.2) is 0 Å². The number of aryl methyl sites for hydroxylation is 1. The molecule has 1 amide bonds. The Morgan fingerprint density at radius 2 is 1.68 bits per heavy atom. The van der Waals surface area contributed by atoms with E-state index >= 15 is 0 Å². The lowest BCUT2D eigenvalue weighted by Gasteiger charge is -2.12. The fourth-order valence-corrected chi connectivity index (χ4v) is 4.32. The summed E-state index contributed by atoms with van der Waals surface area (Å²) in [6, 6.07) is 23.0. The zero-order chi connectivity index (χ0) is 22.2. The van der Waals surface area contributed by atoms with Crippen LogP contribution in [0.5, 0.6) is 5.75 Å². The molecule has 0 aliphatic carbocycles. The molecular formula is C25H20Br2N2O2. The Kier molecular flexibility index (Phi) is 8.05. The van der Waals surface area contributed by atoms with Crippen molar-refractivity contribution in [2.24, 2.45) is 0 Å². The molecule has 0 saturated heterocycles. The molecule has 31 heavy (non-hydrogen) atoms. The minimum absolute atomic E-state index is 0.0105. The summed E-state index contributed by atoms with van der Waals surface area (Å²) in [7, 11) is 0. The average Bonchev–Trinajstić information content (AvgIpc) is 2.78. The predicted octanol–water partition coefficient (Wildman–Crippen LogP) is 6.90. The normalized spacial score (nSPS) is 11.0. The van der Waals surface area contributed by atoms with E-state index < -0.39 is 5.91 Å². The van der Waals surface area contributed by atoms with E-state index in [1.165, 1.54) is 5.56 Å². The quantitative estimate of drug-likeness (QED) is 0.262. The fourth-order valence-electron chi connectivity index (χ4n) is 2.87. The Hall–Kier alpha value is -2.88. The van der Waals surface area contributed by atoms with Crippen LogP contribution in [0.1, 0.15) is 23.6 Å². The zero-order valence-electron chi connectivity index (χ0n) is 16.9. The molecule has 3 aromatic carbocycles. The summed E-state index contributed by atoms with van der Waals surface area (Å²) in [5.41, 5.74) is 3.59. The largest absolute Gasteiger partial charge is 0.487 e. The van der Waals surface area contributed by atoms with Gasteiger partial charge < -0.3 is 10.1 Å². The van der Waals surface area contributed by atoms with Crippen molar-refractivity contribution in [3.05, 3.63) is 97.9 Å². The van der Waals surface area contributed by atoms with Crippen LogP contribution in [-0.4, -0.2) is 5.91 Å². The van der Waals surface area contributed by atoms with E-state index in [4.69, 9.17) is 4.74 Å². The van der Waals surface area contributed by atoms with Gasteiger partial charge in [0.05, 0.1) is 8.95 Å². The van der Waals surface area contributed by atoms with Crippen LogP contribution >= 0.6 is 31.9 Å². The van der Waals surface area contributed by atoms with Crippen LogP contribution in [0.4, 0.5) is 5.69 Å². The summed E-state index contributed by atoms with van der Waals surface area (Å²) in [6.07, 6.45) is 2.47. The lowest BCUT2D eigenvalue weighted by molar-refractivity contribution is -0.112. The van der Waals surface area contributed by atoms with Gasteiger partial charge in [0.25, 0.3) is 5.91 Å². The number of nitriles is 1. The minimum Gasteiger partial charge on any atom is -0.487 e. The number of halogens is 2. The highest BCUT2D eigenvalue weighted by atomic mass is 79.9. The molecule has 3 aromatic rings. The number of amides is 1. The van der Waals surface area contributed by atoms with Crippen LogP contribution < -0.4 is 10.1 Å². The van der Waals surface area contributed by atoms with Gasteiger partial charge in [-0.3, -0.25) is 4.79 Å². The number of nitrogens with one attached hydrogen (secondary N) is 1. The minimum atomic E-state index is -0.455. The van der Waals surface area contributed by atoms with Gasteiger partial charge in [0.2, 0.25) is 0 Å². The molecule has 0 heterocycles. The first-order valence-electron chi connectivity index (χ1n) is 9.68. The Labute approximate surface area is 198 Å². The summed E-state index contributed by atoms with van der Waals surface area (Å²) < 4.78 is 7.37. The maximum absolute atomic E-state index is 12.5. The van der Waals surface area contributed by atoms with Gasteiger partial charge in [0.15, 0.2) is 0 Å². The Morgan fingerprint density at radius 1 is 1.03 bits per heavy atom. The molecule has 156 valence electrons. The number of anilines is 1. The second kappa shape index (κ2) is 10.9. The third-order valence-electron chi connectivity index (χ3n) is 4.54. The van der Waals surface area contributed by atoms with Crippen LogP contribution in [0.25, 0.3) is 6.08 Å². The third kappa shape index (κ3) is 6.30. The van der Waals surface area contributed by atoms with Crippen LogP contribution in [0.15, 0.2) is 81.2 Å². The van der Waals surface area contributed by atoms with E-state index in [0.717, 1.165) is 20.9 Å². The summed E-state index contributed by atoms with van der Waals surface area (Å²) in [4.78, 5) is 12.5. The van der Waals surface area contributed by atoms with Gasteiger partial charge >= 0.3 is 0 Å². The first kappa shape index (κ1) is 22.8. The van der Waals surface area contributed by atoms with Gasteiger partial charge in [-0.15, -0.1) is 0 Å². The number of benzene rings is 3. The van der Waals surface area contributed by atoms with E-state index in [1.807, 2.05) is 72.8 Å². The SMILES string of the molecule is CCc1ccc(NC(=O)/C(C#N)=C/c2cc(Br)c(OCc3ccccc3)c(Br)c2)cc1. The highest BCUT2D eigenvalue weighted by Gasteiger charge is 2.13. The number of hydrogen-bond donors (Lipinski definition) is 1. The molecule has 0 aromatic heterocycles. The number of carbonyl (C=O) groups excluding carboxylic acids is 1. The van der Waals surface area contributed by atoms with Crippen molar-refractivity contribution in [3.63, 3.8) is 0 Å². The molecule has 0 bridgehead atoms. The molecule has 3 rings (SSSR count). The summed E-state index contributed by atoms with van der Waals surface area (Å²) in [5.74, 6) is 0.198. The van der Waals surface area contributed by atoms with E-state index in [-0.39, 0.29) is 5.57 Å². The summed E-state index contributed by atoms with van der Waals surface area (Å²) >= 11 is 7.04. The first-order chi connectivity index (χ1) is 15.0. The molecule has 0 aliphatic rings. The zero-order valence-corrected chi connectivity index (χ0v) is 20.0. The topological polar surface area (TPSA) is 62.1 Å². The van der Waals surface area contributed by atoms with E-state index in [9.17, 15) is 10.1 Å². The molecule has 0 fully saturated rings. The second-order valence-corrected chi connectivity index (χ2v) is 8.47. The van der Waals surface area contributed by atoms with Gasteiger partial charge in [-0.2, -0.15) is 5.26 Å². The van der Waals surface area contributed by atoms with E-state index in [2.05, 4.69) is 44.1 Å². The molecule has 0 atom stereocenters. The van der Waals surface area contributed by atoms with Crippen LogP contribution in [0.3, 0.4) is 0 Å². The molecule has 0 saturated carbocycles. The molecule has 6 heteroatoms. The Balaban J connectivity index is 1.75. The average molecular weight is 540 g/mol. The lowest BCUT2D eigenvalue weighted by Crippen LogP contribution is -2.13. The van der Waals surface area contributed by atoms with E-state index in [1.54, 1.807) is 6.08 Å². The highest BCUT2D eigenvalue weighted by molar-refractivity contribution is 9.11. The van der Waals surface area contributed by atoms with Crippen molar-refractivity contribution in [2.75, 3.05) is 5.32 Å². The molecule has 1 N–H and O–H groups in total. The summed E-state index contributed by atoms with van der Waals surface area (Å²) in [6.45, 7) is 2.49. The van der Waals surface area contributed by atoms with Crippen molar-refractivity contribution in [1.29, 1.82) is 5.26 Å².